The maximum absolute atomic E-state index is 12.1. The highest BCUT2D eigenvalue weighted by Gasteiger charge is 2.31. The van der Waals surface area contributed by atoms with Crippen molar-refractivity contribution >= 4 is 0 Å². The van der Waals surface area contributed by atoms with E-state index in [1.165, 1.54) is 36.7 Å². The van der Waals surface area contributed by atoms with E-state index in [2.05, 4.69) is 14.7 Å². The summed E-state index contributed by atoms with van der Waals surface area (Å²) >= 11 is 0. The molecule has 0 bridgehead atoms. The first-order chi connectivity index (χ1) is 10.3. The topological polar surface area (TPSA) is 55.2 Å². The lowest BCUT2D eigenvalue weighted by atomic mass is 10.0. The van der Waals surface area contributed by atoms with Gasteiger partial charge in [0.15, 0.2) is 5.82 Å². The lowest BCUT2D eigenvalue weighted by molar-refractivity contribution is -0.274. The zero-order valence-corrected chi connectivity index (χ0v) is 12.0. The normalized spacial score (nSPS) is 13.2. The molecule has 22 heavy (non-hydrogen) atoms. The Morgan fingerprint density at radius 1 is 1.05 bits per heavy atom. The lowest BCUT2D eigenvalue weighted by Gasteiger charge is -2.14. The molecule has 7 heteroatoms. The van der Waals surface area contributed by atoms with Crippen LogP contribution in [-0.2, 0) is 0 Å². The SMILES string of the molecule is CC(C)C(O)c1cnc(-c2ccc(OC(F)(F)F)cc2)nc1. The zero-order valence-electron chi connectivity index (χ0n) is 12.0. The first-order valence-electron chi connectivity index (χ1n) is 6.62. The van der Waals surface area contributed by atoms with Crippen molar-refractivity contribution in [1.82, 2.24) is 9.97 Å². The fourth-order valence-corrected chi connectivity index (χ4v) is 1.83. The highest BCUT2D eigenvalue weighted by Crippen LogP contribution is 2.26. The molecule has 2 aromatic rings. The minimum absolute atomic E-state index is 0.0354. The predicted molar refractivity (Wildman–Crippen MR) is 73.9 cm³/mol. The van der Waals surface area contributed by atoms with Gasteiger partial charge in [0.25, 0.3) is 0 Å². The summed E-state index contributed by atoms with van der Waals surface area (Å²) < 4.78 is 40.0. The molecular weight excluding hydrogens is 297 g/mol. The third kappa shape index (κ3) is 4.17. The van der Waals surface area contributed by atoms with Gasteiger partial charge in [-0.3, -0.25) is 0 Å². The predicted octanol–water partition coefficient (Wildman–Crippen LogP) is 3.73. The van der Waals surface area contributed by atoms with Crippen molar-refractivity contribution in [2.45, 2.75) is 26.3 Å². The Labute approximate surface area is 125 Å². The zero-order chi connectivity index (χ0) is 16.3. The van der Waals surface area contributed by atoms with E-state index < -0.39 is 12.5 Å². The molecule has 0 fully saturated rings. The molecule has 4 nitrogen and oxygen atoms in total. The molecule has 1 atom stereocenters. The molecule has 0 radical (unpaired) electrons. The van der Waals surface area contributed by atoms with Gasteiger partial charge in [0, 0.05) is 23.5 Å². The van der Waals surface area contributed by atoms with Crippen LogP contribution in [0.25, 0.3) is 11.4 Å². The molecule has 1 aromatic carbocycles. The Morgan fingerprint density at radius 2 is 1.59 bits per heavy atom. The van der Waals surface area contributed by atoms with Crippen LogP contribution in [0.3, 0.4) is 0 Å². The molecule has 0 saturated carbocycles. The van der Waals surface area contributed by atoms with Crippen LogP contribution < -0.4 is 4.74 Å². The van der Waals surface area contributed by atoms with Crippen molar-refractivity contribution in [3.8, 4) is 17.1 Å². The van der Waals surface area contributed by atoms with Gasteiger partial charge in [-0.2, -0.15) is 0 Å². The highest BCUT2D eigenvalue weighted by atomic mass is 19.4. The van der Waals surface area contributed by atoms with E-state index in [-0.39, 0.29) is 11.7 Å². The first kappa shape index (κ1) is 16.2. The quantitative estimate of drug-likeness (QED) is 0.934. The van der Waals surface area contributed by atoms with Crippen LogP contribution in [-0.4, -0.2) is 21.4 Å². The number of halogens is 3. The molecule has 0 spiro atoms. The second-order valence-electron chi connectivity index (χ2n) is 5.10. The number of hydrogen-bond donors (Lipinski definition) is 1. The van der Waals surface area contributed by atoms with Crippen LogP contribution in [0.5, 0.6) is 5.75 Å². The number of nitrogens with zero attached hydrogens (tertiary/aromatic N) is 2. The summed E-state index contributed by atoms with van der Waals surface area (Å²) in [6, 6.07) is 5.27. The average molecular weight is 312 g/mol. The summed E-state index contributed by atoms with van der Waals surface area (Å²) in [5.74, 6) is 0.0922. The molecule has 0 saturated heterocycles. The largest absolute Gasteiger partial charge is 0.573 e. The van der Waals surface area contributed by atoms with Gasteiger partial charge in [0.2, 0.25) is 0 Å². The van der Waals surface area contributed by atoms with Crippen molar-refractivity contribution in [1.29, 1.82) is 0 Å². The van der Waals surface area contributed by atoms with E-state index in [1.807, 2.05) is 13.8 Å². The van der Waals surface area contributed by atoms with Crippen LogP contribution in [0.15, 0.2) is 36.7 Å². The van der Waals surface area contributed by atoms with E-state index in [0.29, 0.717) is 17.0 Å². The molecule has 2 rings (SSSR count). The van der Waals surface area contributed by atoms with Crippen molar-refractivity contribution in [2.24, 2.45) is 5.92 Å². The molecule has 1 heterocycles. The minimum atomic E-state index is -4.72. The van der Waals surface area contributed by atoms with Gasteiger partial charge in [-0.05, 0) is 30.2 Å². The van der Waals surface area contributed by atoms with Crippen molar-refractivity contribution < 1.29 is 23.0 Å². The van der Waals surface area contributed by atoms with Crippen molar-refractivity contribution in [2.75, 3.05) is 0 Å². The Balaban J connectivity index is 2.15. The molecule has 1 aromatic heterocycles. The maximum atomic E-state index is 12.1. The number of aromatic nitrogens is 2. The molecule has 0 aliphatic carbocycles. The average Bonchev–Trinajstić information content (AvgIpc) is 2.46. The lowest BCUT2D eigenvalue weighted by Crippen LogP contribution is -2.16. The van der Waals surface area contributed by atoms with Crippen LogP contribution >= 0.6 is 0 Å². The molecule has 0 amide bonds. The summed E-state index contributed by atoms with van der Waals surface area (Å²) in [5, 5.41) is 9.90. The Hall–Kier alpha value is -2.15. The standard InChI is InChI=1S/C15H15F3N2O2/c1-9(2)13(21)11-7-19-14(20-8-11)10-3-5-12(6-4-10)22-15(16,17)18/h3-9,13,21H,1-2H3. The molecular formula is C15H15F3N2O2. The summed E-state index contributed by atoms with van der Waals surface area (Å²) in [4.78, 5) is 8.25. The van der Waals surface area contributed by atoms with Gasteiger partial charge in [0.1, 0.15) is 5.75 Å². The van der Waals surface area contributed by atoms with Crippen LogP contribution in [0.1, 0.15) is 25.5 Å². The highest BCUT2D eigenvalue weighted by molar-refractivity contribution is 5.55. The third-order valence-corrected chi connectivity index (χ3v) is 2.99. The number of rotatable bonds is 4. The van der Waals surface area contributed by atoms with E-state index in [1.54, 1.807) is 0 Å². The fourth-order valence-electron chi connectivity index (χ4n) is 1.83. The van der Waals surface area contributed by atoms with Crippen LogP contribution in [0, 0.1) is 5.92 Å². The number of aliphatic hydroxyl groups is 1. The van der Waals surface area contributed by atoms with Gasteiger partial charge in [-0.1, -0.05) is 13.8 Å². The Morgan fingerprint density at radius 3 is 2.05 bits per heavy atom. The molecule has 0 aliphatic rings. The van der Waals surface area contributed by atoms with Gasteiger partial charge in [-0.15, -0.1) is 13.2 Å². The molecule has 1 unspecified atom stereocenters. The van der Waals surface area contributed by atoms with Gasteiger partial charge in [-0.25, -0.2) is 9.97 Å². The third-order valence-electron chi connectivity index (χ3n) is 2.99. The number of hydrogen-bond acceptors (Lipinski definition) is 4. The number of alkyl halides is 3. The molecule has 1 N–H and O–H groups in total. The monoisotopic (exact) mass is 312 g/mol. The first-order valence-corrected chi connectivity index (χ1v) is 6.62. The summed E-state index contributed by atoms with van der Waals surface area (Å²) in [5.41, 5.74) is 1.15. The van der Waals surface area contributed by atoms with E-state index in [4.69, 9.17) is 0 Å². The van der Waals surface area contributed by atoms with Gasteiger partial charge < -0.3 is 9.84 Å². The smallest absolute Gasteiger partial charge is 0.406 e. The Bertz CT molecular complexity index is 610. The van der Waals surface area contributed by atoms with Crippen molar-refractivity contribution in [3.05, 3.63) is 42.2 Å². The van der Waals surface area contributed by atoms with E-state index >= 15 is 0 Å². The van der Waals surface area contributed by atoms with Crippen LogP contribution in [0.2, 0.25) is 0 Å². The second kappa shape index (κ2) is 6.31. The van der Waals surface area contributed by atoms with Gasteiger partial charge >= 0.3 is 6.36 Å². The second-order valence-corrected chi connectivity index (χ2v) is 5.10. The number of aliphatic hydroxyl groups excluding tert-OH is 1. The molecule has 118 valence electrons. The summed E-state index contributed by atoms with van der Waals surface area (Å²) in [7, 11) is 0. The minimum Gasteiger partial charge on any atom is -0.406 e. The van der Waals surface area contributed by atoms with E-state index in [9.17, 15) is 18.3 Å². The fraction of sp³-hybridized carbons (Fsp3) is 0.333. The maximum Gasteiger partial charge on any atom is 0.573 e. The van der Waals surface area contributed by atoms with Crippen molar-refractivity contribution in [3.63, 3.8) is 0 Å². The van der Waals surface area contributed by atoms with Crippen LogP contribution in [0.4, 0.5) is 13.2 Å². The number of benzene rings is 1. The van der Waals surface area contributed by atoms with E-state index in [0.717, 1.165) is 0 Å². The summed E-state index contributed by atoms with van der Waals surface area (Å²) in [6.45, 7) is 3.75. The Kier molecular flexibility index (Phi) is 4.65. The summed E-state index contributed by atoms with van der Waals surface area (Å²) in [6.07, 6.45) is -2.36. The van der Waals surface area contributed by atoms with Gasteiger partial charge in [0.05, 0.1) is 6.10 Å². The molecule has 0 aliphatic heterocycles. The number of ether oxygens (including phenoxy) is 1.